The van der Waals surface area contributed by atoms with Crippen molar-refractivity contribution in [3.05, 3.63) is 22.7 Å². The van der Waals surface area contributed by atoms with Crippen LogP contribution in [0, 0.1) is 12.3 Å². The summed E-state index contributed by atoms with van der Waals surface area (Å²) in [4.78, 5) is 24.1. The maximum absolute atomic E-state index is 12.3. The first-order chi connectivity index (χ1) is 9.94. The number of hydrogen-bond donors (Lipinski definition) is 1. The fraction of sp³-hybridized carbons (Fsp3) is 0.286. The summed E-state index contributed by atoms with van der Waals surface area (Å²) in [5, 5.41) is 8.99. The zero-order valence-corrected chi connectivity index (χ0v) is 12.3. The smallest absolute Gasteiger partial charge is 0.323 e. The standard InChI is InChI=1S/C14H14ClNO5/c1-4-5-16(8-12(17)18)14(19)9-6-10(15)13(21-3)11(7-9)20-2/h1,6-7H,5,8H2,2-3H3,(H,17,18). The van der Waals surface area contributed by atoms with Crippen LogP contribution in [0.5, 0.6) is 11.5 Å². The highest BCUT2D eigenvalue weighted by atomic mass is 35.5. The summed E-state index contributed by atoms with van der Waals surface area (Å²) < 4.78 is 10.2. The molecule has 21 heavy (non-hydrogen) atoms. The quantitative estimate of drug-likeness (QED) is 0.806. The number of benzene rings is 1. The number of nitrogens with zero attached hydrogens (tertiary/aromatic N) is 1. The molecule has 0 aliphatic heterocycles. The number of carbonyl (C=O) groups is 2. The topological polar surface area (TPSA) is 76.1 Å². The number of rotatable bonds is 6. The molecule has 0 fully saturated rings. The van der Waals surface area contributed by atoms with Crippen molar-refractivity contribution >= 4 is 23.5 Å². The minimum Gasteiger partial charge on any atom is -0.493 e. The number of halogens is 1. The molecular formula is C14H14ClNO5. The Kier molecular flexibility index (Phi) is 5.88. The molecule has 0 atom stereocenters. The fourth-order valence-corrected chi connectivity index (χ4v) is 1.98. The van der Waals surface area contributed by atoms with Crippen molar-refractivity contribution < 1.29 is 24.2 Å². The van der Waals surface area contributed by atoms with E-state index in [0.29, 0.717) is 0 Å². The van der Waals surface area contributed by atoms with Gasteiger partial charge in [0.05, 0.1) is 25.8 Å². The normalized spacial score (nSPS) is 9.62. The SMILES string of the molecule is C#CCN(CC(=O)O)C(=O)c1cc(Cl)c(OC)c(OC)c1. The number of aliphatic carboxylic acids is 1. The Morgan fingerprint density at radius 3 is 2.52 bits per heavy atom. The summed E-state index contributed by atoms with van der Waals surface area (Å²) >= 11 is 6.01. The van der Waals surface area contributed by atoms with E-state index in [4.69, 9.17) is 32.6 Å². The summed E-state index contributed by atoms with van der Waals surface area (Å²) in [5.41, 5.74) is 0.161. The van der Waals surface area contributed by atoms with Crippen LogP contribution in [0.4, 0.5) is 0 Å². The van der Waals surface area contributed by atoms with Crippen LogP contribution in [-0.2, 0) is 4.79 Å². The fourth-order valence-electron chi connectivity index (χ4n) is 1.70. The summed E-state index contributed by atoms with van der Waals surface area (Å²) in [5.74, 6) is 1.08. The second kappa shape index (κ2) is 7.41. The van der Waals surface area contributed by atoms with Crippen LogP contribution in [0.15, 0.2) is 12.1 Å². The molecule has 1 aromatic carbocycles. The molecular weight excluding hydrogens is 298 g/mol. The Morgan fingerprint density at radius 2 is 2.05 bits per heavy atom. The predicted molar refractivity (Wildman–Crippen MR) is 76.9 cm³/mol. The molecule has 0 aromatic heterocycles. The van der Waals surface area contributed by atoms with Crippen LogP contribution in [0.2, 0.25) is 5.02 Å². The van der Waals surface area contributed by atoms with Gasteiger partial charge in [0, 0.05) is 5.56 Å². The van der Waals surface area contributed by atoms with Crippen molar-refractivity contribution in [3.8, 4) is 23.8 Å². The van der Waals surface area contributed by atoms with Gasteiger partial charge >= 0.3 is 5.97 Å². The van der Waals surface area contributed by atoms with Crippen molar-refractivity contribution in [1.29, 1.82) is 0 Å². The van der Waals surface area contributed by atoms with Gasteiger partial charge in [-0.05, 0) is 12.1 Å². The Morgan fingerprint density at radius 1 is 1.38 bits per heavy atom. The van der Waals surface area contributed by atoms with E-state index < -0.39 is 18.4 Å². The monoisotopic (exact) mass is 311 g/mol. The molecule has 0 spiro atoms. The highest BCUT2D eigenvalue weighted by Gasteiger charge is 2.21. The van der Waals surface area contributed by atoms with E-state index in [9.17, 15) is 9.59 Å². The van der Waals surface area contributed by atoms with Crippen LogP contribution in [0.25, 0.3) is 0 Å². The summed E-state index contributed by atoms with van der Waals surface area (Å²) in [6.45, 7) is -0.633. The molecule has 1 N–H and O–H groups in total. The van der Waals surface area contributed by atoms with Crippen molar-refractivity contribution in [2.75, 3.05) is 27.3 Å². The third-order valence-corrected chi connectivity index (χ3v) is 2.86. The van der Waals surface area contributed by atoms with E-state index in [1.807, 2.05) is 0 Å². The lowest BCUT2D eigenvalue weighted by molar-refractivity contribution is -0.137. The largest absolute Gasteiger partial charge is 0.493 e. The van der Waals surface area contributed by atoms with Crippen molar-refractivity contribution in [2.45, 2.75) is 0 Å². The van der Waals surface area contributed by atoms with Gasteiger partial charge in [-0.15, -0.1) is 6.42 Å². The van der Waals surface area contributed by atoms with E-state index in [1.54, 1.807) is 0 Å². The first-order valence-corrected chi connectivity index (χ1v) is 6.18. The molecule has 7 heteroatoms. The Bertz CT molecular complexity index is 594. The molecule has 0 bridgehead atoms. The van der Waals surface area contributed by atoms with Crippen molar-refractivity contribution in [2.24, 2.45) is 0 Å². The van der Waals surface area contributed by atoms with E-state index in [0.717, 1.165) is 4.90 Å². The number of carboxylic acids is 1. The van der Waals surface area contributed by atoms with Gasteiger partial charge in [0.2, 0.25) is 0 Å². The number of carboxylic acid groups (broad SMARTS) is 1. The predicted octanol–water partition coefficient (Wildman–Crippen LogP) is 1.52. The summed E-state index contributed by atoms with van der Waals surface area (Å²) in [7, 11) is 2.82. The molecule has 0 saturated carbocycles. The Labute approximate surface area is 127 Å². The summed E-state index contributed by atoms with van der Waals surface area (Å²) in [6, 6.07) is 2.79. The maximum Gasteiger partial charge on any atom is 0.323 e. The number of hydrogen-bond acceptors (Lipinski definition) is 4. The average Bonchev–Trinajstić information content (AvgIpc) is 2.44. The van der Waals surface area contributed by atoms with E-state index in [1.165, 1.54) is 26.4 Å². The van der Waals surface area contributed by atoms with Crippen LogP contribution in [-0.4, -0.2) is 49.2 Å². The van der Waals surface area contributed by atoms with Gasteiger partial charge in [-0.2, -0.15) is 0 Å². The van der Waals surface area contributed by atoms with E-state index in [-0.39, 0.29) is 28.6 Å². The van der Waals surface area contributed by atoms with Crippen LogP contribution < -0.4 is 9.47 Å². The average molecular weight is 312 g/mol. The number of methoxy groups -OCH3 is 2. The molecule has 6 nitrogen and oxygen atoms in total. The molecule has 0 saturated heterocycles. The molecule has 1 rings (SSSR count). The first-order valence-electron chi connectivity index (χ1n) is 5.80. The maximum atomic E-state index is 12.3. The minimum atomic E-state index is -1.16. The number of terminal acetylenes is 1. The highest BCUT2D eigenvalue weighted by Crippen LogP contribution is 2.36. The molecule has 0 aliphatic carbocycles. The molecule has 0 heterocycles. The van der Waals surface area contributed by atoms with Crippen LogP contribution >= 0.6 is 11.6 Å². The third kappa shape index (κ3) is 4.04. The zero-order valence-electron chi connectivity index (χ0n) is 11.6. The van der Waals surface area contributed by atoms with Gasteiger partial charge in [-0.25, -0.2) is 0 Å². The minimum absolute atomic E-state index is 0.128. The van der Waals surface area contributed by atoms with Gasteiger partial charge in [0.25, 0.3) is 5.91 Å². The number of ether oxygens (including phenoxy) is 2. The van der Waals surface area contributed by atoms with Gasteiger partial charge in [-0.3, -0.25) is 9.59 Å². The second-order valence-electron chi connectivity index (χ2n) is 3.95. The number of amides is 1. The molecule has 1 amide bonds. The lowest BCUT2D eigenvalue weighted by Crippen LogP contribution is -2.36. The van der Waals surface area contributed by atoms with Gasteiger partial charge in [-0.1, -0.05) is 17.5 Å². The molecule has 1 aromatic rings. The second-order valence-corrected chi connectivity index (χ2v) is 4.36. The highest BCUT2D eigenvalue weighted by molar-refractivity contribution is 6.32. The lowest BCUT2D eigenvalue weighted by atomic mass is 10.1. The van der Waals surface area contributed by atoms with E-state index in [2.05, 4.69) is 5.92 Å². The lowest BCUT2D eigenvalue weighted by Gasteiger charge is -2.19. The number of carbonyl (C=O) groups excluding carboxylic acids is 1. The molecule has 0 radical (unpaired) electrons. The first kappa shape index (κ1) is 16.7. The summed E-state index contributed by atoms with van der Waals surface area (Å²) in [6.07, 6.45) is 5.15. The molecule has 112 valence electrons. The zero-order chi connectivity index (χ0) is 16.0. The van der Waals surface area contributed by atoms with Gasteiger partial charge in [0.1, 0.15) is 6.54 Å². The van der Waals surface area contributed by atoms with Gasteiger partial charge in [0.15, 0.2) is 11.5 Å². The van der Waals surface area contributed by atoms with Crippen LogP contribution in [0.3, 0.4) is 0 Å². The Balaban J connectivity index is 3.19. The van der Waals surface area contributed by atoms with Crippen LogP contribution in [0.1, 0.15) is 10.4 Å². The Hall–Kier alpha value is -2.39. The molecule has 0 aliphatic rings. The van der Waals surface area contributed by atoms with Crippen molar-refractivity contribution in [3.63, 3.8) is 0 Å². The third-order valence-electron chi connectivity index (χ3n) is 2.58. The van der Waals surface area contributed by atoms with Crippen molar-refractivity contribution in [1.82, 2.24) is 4.90 Å². The van der Waals surface area contributed by atoms with E-state index >= 15 is 0 Å². The van der Waals surface area contributed by atoms with Gasteiger partial charge < -0.3 is 19.5 Å². The molecule has 0 unspecified atom stereocenters.